The summed E-state index contributed by atoms with van der Waals surface area (Å²) in [6.07, 6.45) is -0.984. The minimum atomic E-state index is -1.25. The maximum absolute atomic E-state index is 13.0. The highest BCUT2D eigenvalue weighted by Crippen LogP contribution is 2.13. The maximum atomic E-state index is 13.0. The largest absolute Gasteiger partial charge is 0.481 e. The lowest BCUT2D eigenvalue weighted by molar-refractivity contribution is -0.137. The molecule has 0 saturated heterocycles. The highest BCUT2D eigenvalue weighted by molar-refractivity contribution is 5.97. The van der Waals surface area contributed by atoms with E-state index < -0.39 is 48.4 Å². The molecule has 32 heavy (non-hydrogen) atoms. The number of hydrogen-bond acceptors (Lipinski definition) is 5. The number of guanidine groups is 1. The number of aliphatic imine (C=N–C) groups is 1. The lowest BCUT2D eigenvalue weighted by Crippen LogP contribution is -2.46. The molecule has 2 aromatic rings. The molecule has 0 heterocycles. The van der Waals surface area contributed by atoms with E-state index in [2.05, 4.69) is 21.2 Å². The number of carboxylic acid groups (broad SMARTS) is 1. The number of hydrazine groups is 1. The van der Waals surface area contributed by atoms with Gasteiger partial charge in [-0.1, -0.05) is 6.07 Å². The van der Waals surface area contributed by atoms with Crippen LogP contribution < -0.4 is 27.6 Å². The summed E-state index contributed by atoms with van der Waals surface area (Å²) < 4.78 is 13.0. The Morgan fingerprint density at radius 2 is 1.62 bits per heavy atom. The Morgan fingerprint density at radius 3 is 2.25 bits per heavy atom. The van der Waals surface area contributed by atoms with Crippen molar-refractivity contribution in [3.05, 3.63) is 65.5 Å². The fourth-order valence-corrected chi connectivity index (χ4v) is 2.59. The summed E-state index contributed by atoms with van der Waals surface area (Å²) in [4.78, 5) is 51.5. The first-order valence-electron chi connectivity index (χ1n) is 9.21. The molecule has 2 rings (SSSR count). The Bertz CT molecular complexity index is 1040. The van der Waals surface area contributed by atoms with Gasteiger partial charge in [-0.25, -0.2) is 9.38 Å². The molecular formula is C20H21FN6O5. The fourth-order valence-electron chi connectivity index (χ4n) is 2.59. The van der Waals surface area contributed by atoms with Crippen LogP contribution in [0.5, 0.6) is 0 Å². The van der Waals surface area contributed by atoms with Crippen LogP contribution in [0.3, 0.4) is 0 Å². The number of carbonyl (C=O) groups excluding carboxylic acids is 3. The van der Waals surface area contributed by atoms with E-state index >= 15 is 0 Å². The van der Waals surface area contributed by atoms with Gasteiger partial charge in [0.05, 0.1) is 12.1 Å². The van der Waals surface area contributed by atoms with Crippen molar-refractivity contribution in [1.82, 2.24) is 16.2 Å². The van der Waals surface area contributed by atoms with Crippen molar-refractivity contribution in [1.29, 1.82) is 0 Å². The molecule has 8 N–H and O–H groups in total. The van der Waals surface area contributed by atoms with Crippen LogP contribution in [0.1, 0.15) is 33.6 Å². The van der Waals surface area contributed by atoms with Gasteiger partial charge in [0.15, 0.2) is 5.96 Å². The Labute approximate surface area is 181 Å². The molecule has 12 heteroatoms. The first-order valence-corrected chi connectivity index (χ1v) is 9.21. The summed E-state index contributed by atoms with van der Waals surface area (Å²) in [5.41, 5.74) is 15.5. The number of benzene rings is 2. The van der Waals surface area contributed by atoms with Gasteiger partial charge < -0.3 is 21.9 Å². The number of rotatable bonds is 8. The van der Waals surface area contributed by atoms with Crippen molar-refractivity contribution in [2.75, 3.05) is 0 Å². The third-order valence-electron chi connectivity index (χ3n) is 3.98. The molecule has 1 atom stereocenters. The molecular weight excluding hydrogens is 423 g/mol. The predicted molar refractivity (Wildman–Crippen MR) is 112 cm³/mol. The zero-order valence-electron chi connectivity index (χ0n) is 16.7. The average Bonchev–Trinajstić information content (AvgIpc) is 2.71. The molecule has 2 aromatic carbocycles. The number of halogens is 1. The summed E-state index contributed by atoms with van der Waals surface area (Å²) in [6.45, 7) is 0. The highest BCUT2D eigenvalue weighted by Gasteiger charge is 2.21. The molecule has 0 bridgehead atoms. The van der Waals surface area contributed by atoms with Crippen molar-refractivity contribution >= 4 is 35.3 Å². The van der Waals surface area contributed by atoms with Crippen LogP contribution in [-0.4, -0.2) is 40.8 Å². The molecule has 11 nitrogen and oxygen atoms in total. The van der Waals surface area contributed by atoms with Crippen LogP contribution in [0.15, 0.2) is 53.5 Å². The summed E-state index contributed by atoms with van der Waals surface area (Å²) >= 11 is 0. The van der Waals surface area contributed by atoms with Gasteiger partial charge in [0.25, 0.3) is 11.8 Å². The third-order valence-corrected chi connectivity index (χ3v) is 3.98. The van der Waals surface area contributed by atoms with E-state index in [-0.39, 0.29) is 17.1 Å². The topological polar surface area (TPSA) is 189 Å². The number of nitrogens with one attached hydrogen (secondary N) is 3. The van der Waals surface area contributed by atoms with Crippen molar-refractivity contribution in [3.8, 4) is 0 Å². The van der Waals surface area contributed by atoms with E-state index in [1.54, 1.807) is 6.07 Å². The quantitative estimate of drug-likeness (QED) is 0.190. The van der Waals surface area contributed by atoms with E-state index in [1.165, 1.54) is 30.3 Å². The molecule has 168 valence electrons. The first-order chi connectivity index (χ1) is 15.1. The van der Waals surface area contributed by atoms with E-state index in [0.29, 0.717) is 5.69 Å². The standard InChI is InChI=1S/C20H21FN6O5/c21-13-6-4-11(5-7-13)18(31)24-15(10-17(29)30)9-16(28)26-27-19(32)12-2-1-3-14(8-12)25-20(22)23/h1-8,15H,9-10H2,(H,24,31)(H,26,28)(H,27,32)(H,29,30)(H4,22,23,25). The number of amides is 3. The van der Waals surface area contributed by atoms with Crippen LogP contribution in [-0.2, 0) is 9.59 Å². The minimum absolute atomic E-state index is 0.0937. The molecule has 0 aliphatic rings. The van der Waals surface area contributed by atoms with Crippen LogP contribution in [0.25, 0.3) is 0 Å². The van der Waals surface area contributed by atoms with Crippen molar-refractivity contribution < 1.29 is 28.7 Å². The molecule has 0 saturated carbocycles. The molecule has 0 spiro atoms. The molecule has 0 aliphatic heterocycles. The van der Waals surface area contributed by atoms with Crippen molar-refractivity contribution in [3.63, 3.8) is 0 Å². The number of carboxylic acids is 1. The van der Waals surface area contributed by atoms with Crippen LogP contribution in [0.4, 0.5) is 10.1 Å². The van der Waals surface area contributed by atoms with Crippen LogP contribution in [0.2, 0.25) is 0 Å². The lowest BCUT2D eigenvalue weighted by Gasteiger charge is -2.17. The highest BCUT2D eigenvalue weighted by atomic mass is 19.1. The van der Waals surface area contributed by atoms with Crippen LogP contribution in [0, 0.1) is 5.82 Å². The van der Waals surface area contributed by atoms with Gasteiger partial charge in [0.1, 0.15) is 5.82 Å². The molecule has 3 amide bonds. The normalized spacial score (nSPS) is 11.0. The van der Waals surface area contributed by atoms with E-state index in [1.807, 2.05) is 0 Å². The van der Waals surface area contributed by atoms with Gasteiger partial charge in [0.2, 0.25) is 5.91 Å². The monoisotopic (exact) mass is 444 g/mol. The maximum Gasteiger partial charge on any atom is 0.305 e. The molecule has 0 radical (unpaired) electrons. The second-order valence-electron chi connectivity index (χ2n) is 6.57. The van der Waals surface area contributed by atoms with Crippen LogP contribution >= 0.6 is 0 Å². The Morgan fingerprint density at radius 1 is 0.938 bits per heavy atom. The van der Waals surface area contributed by atoms with E-state index in [4.69, 9.17) is 16.6 Å². The predicted octanol–water partition coefficient (Wildman–Crippen LogP) is 0.155. The minimum Gasteiger partial charge on any atom is -0.481 e. The fraction of sp³-hybridized carbons (Fsp3) is 0.150. The van der Waals surface area contributed by atoms with Crippen molar-refractivity contribution in [2.24, 2.45) is 16.5 Å². The smallest absolute Gasteiger partial charge is 0.305 e. The number of hydrogen-bond donors (Lipinski definition) is 6. The Balaban J connectivity index is 1.96. The number of nitrogens with zero attached hydrogens (tertiary/aromatic N) is 1. The SMILES string of the molecule is NC(N)=Nc1cccc(C(=O)NNC(=O)CC(CC(=O)O)NC(=O)c2ccc(F)cc2)c1. The van der Waals surface area contributed by atoms with Gasteiger partial charge in [-0.2, -0.15) is 0 Å². The Hall–Kier alpha value is -4.48. The lowest BCUT2D eigenvalue weighted by atomic mass is 10.1. The number of nitrogens with two attached hydrogens (primary N) is 2. The second-order valence-corrected chi connectivity index (χ2v) is 6.57. The van der Waals surface area contributed by atoms with E-state index in [0.717, 1.165) is 12.1 Å². The summed E-state index contributed by atoms with van der Waals surface area (Å²) in [6, 6.07) is 9.46. The van der Waals surface area contributed by atoms with Gasteiger partial charge in [-0.3, -0.25) is 30.0 Å². The zero-order chi connectivity index (χ0) is 23.7. The number of aliphatic carboxylic acids is 1. The number of carbonyl (C=O) groups is 4. The average molecular weight is 444 g/mol. The zero-order valence-corrected chi connectivity index (χ0v) is 16.7. The summed E-state index contributed by atoms with van der Waals surface area (Å²) in [5, 5.41) is 11.4. The van der Waals surface area contributed by atoms with Gasteiger partial charge in [-0.05, 0) is 42.5 Å². The van der Waals surface area contributed by atoms with E-state index in [9.17, 15) is 23.6 Å². The molecule has 0 aromatic heterocycles. The second kappa shape index (κ2) is 11.1. The van der Waals surface area contributed by atoms with Gasteiger partial charge >= 0.3 is 5.97 Å². The van der Waals surface area contributed by atoms with Gasteiger partial charge in [-0.15, -0.1) is 0 Å². The van der Waals surface area contributed by atoms with Gasteiger partial charge in [0, 0.05) is 23.6 Å². The first kappa shape index (κ1) is 23.8. The summed E-state index contributed by atoms with van der Waals surface area (Å²) in [7, 11) is 0. The third kappa shape index (κ3) is 7.74. The molecule has 0 aliphatic carbocycles. The summed E-state index contributed by atoms with van der Waals surface area (Å²) in [5.74, 6) is -4.07. The molecule has 0 fully saturated rings. The Kier molecular flexibility index (Phi) is 8.22. The molecule has 1 unspecified atom stereocenters. The van der Waals surface area contributed by atoms with Crippen molar-refractivity contribution in [2.45, 2.75) is 18.9 Å².